The lowest BCUT2D eigenvalue weighted by atomic mass is 10.0. The number of nitrogens with one attached hydrogen (secondary N) is 2. The van der Waals surface area contributed by atoms with E-state index >= 15 is 0 Å². The van der Waals surface area contributed by atoms with Gasteiger partial charge in [-0.1, -0.05) is 0 Å². The SMILES string of the molecule is CC1(NCc2cn3cccnc3n2)CCNC1. The Morgan fingerprint density at radius 2 is 2.53 bits per heavy atom. The van der Waals surface area contributed by atoms with Gasteiger partial charge in [0.05, 0.1) is 5.69 Å². The maximum Gasteiger partial charge on any atom is 0.233 e. The molecular weight excluding hydrogens is 214 g/mol. The molecule has 5 heteroatoms. The van der Waals surface area contributed by atoms with E-state index in [1.807, 2.05) is 22.9 Å². The number of hydrogen-bond donors (Lipinski definition) is 2. The Morgan fingerprint density at radius 1 is 1.59 bits per heavy atom. The molecule has 90 valence electrons. The molecule has 1 fully saturated rings. The Bertz CT molecular complexity index is 479. The molecule has 0 spiro atoms. The van der Waals surface area contributed by atoms with Crippen molar-refractivity contribution in [2.75, 3.05) is 13.1 Å². The summed E-state index contributed by atoms with van der Waals surface area (Å²) in [6, 6.07) is 1.91. The standard InChI is InChI=1S/C12H17N5/c1-12(3-5-13-9-12)15-7-10-8-17-6-2-4-14-11(17)16-10/h2,4,6,8,13,15H,3,5,7,9H2,1H3. The molecule has 1 saturated heterocycles. The second kappa shape index (κ2) is 4.09. The molecule has 2 aromatic heterocycles. The Hall–Kier alpha value is -1.46. The summed E-state index contributed by atoms with van der Waals surface area (Å²) in [5.74, 6) is 0.763. The van der Waals surface area contributed by atoms with Crippen molar-refractivity contribution in [1.29, 1.82) is 0 Å². The molecule has 1 aliphatic rings. The first-order chi connectivity index (χ1) is 8.25. The third kappa shape index (κ3) is 2.16. The first-order valence-electron chi connectivity index (χ1n) is 6.00. The van der Waals surface area contributed by atoms with Gasteiger partial charge < -0.3 is 10.6 Å². The van der Waals surface area contributed by atoms with Crippen LogP contribution in [0.15, 0.2) is 24.7 Å². The molecule has 0 bridgehead atoms. The van der Waals surface area contributed by atoms with E-state index in [0.717, 1.165) is 31.1 Å². The molecule has 3 heterocycles. The first kappa shape index (κ1) is 10.7. The predicted molar refractivity (Wildman–Crippen MR) is 65.7 cm³/mol. The molecule has 0 amide bonds. The zero-order chi connectivity index (χ0) is 11.7. The number of aromatic nitrogens is 3. The lowest BCUT2D eigenvalue weighted by molar-refractivity contribution is 0.384. The highest BCUT2D eigenvalue weighted by atomic mass is 15.1. The van der Waals surface area contributed by atoms with Crippen LogP contribution in [0.25, 0.3) is 5.78 Å². The molecule has 1 unspecified atom stereocenters. The van der Waals surface area contributed by atoms with Crippen molar-refractivity contribution in [2.24, 2.45) is 0 Å². The van der Waals surface area contributed by atoms with E-state index in [4.69, 9.17) is 0 Å². The molecule has 1 atom stereocenters. The summed E-state index contributed by atoms with van der Waals surface area (Å²) in [6.07, 6.45) is 6.93. The molecule has 1 aliphatic heterocycles. The molecule has 0 aliphatic carbocycles. The molecule has 0 radical (unpaired) electrons. The van der Waals surface area contributed by atoms with Gasteiger partial charge >= 0.3 is 0 Å². The molecule has 0 aromatic carbocycles. The second-order valence-corrected chi connectivity index (χ2v) is 4.90. The van der Waals surface area contributed by atoms with Crippen LogP contribution in [-0.2, 0) is 6.54 Å². The maximum absolute atomic E-state index is 4.47. The quantitative estimate of drug-likeness (QED) is 0.811. The molecule has 2 aromatic rings. The second-order valence-electron chi connectivity index (χ2n) is 4.90. The molecule has 17 heavy (non-hydrogen) atoms. The van der Waals surface area contributed by atoms with Crippen molar-refractivity contribution in [3.8, 4) is 0 Å². The molecular formula is C12H17N5. The fourth-order valence-corrected chi connectivity index (χ4v) is 2.24. The molecule has 5 nitrogen and oxygen atoms in total. The van der Waals surface area contributed by atoms with Crippen LogP contribution in [0.1, 0.15) is 19.0 Å². The van der Waals surface area contributed by atoms with Gasteiger partial charge in [-0.2, -0.15) is 0 Å². The zero-order valence-electron chi connectivity index (χ0n) is 9.98. The average molecular weight is 231 g/mol. The summed E-state index contributed by atoms with van der Waals surface area (Å²) in [7, 11) is 0. The van der Waals surface area contributed by atoms with Crippen LogP contribution in [-0.4, -0.2) is 33.0 Å². The fraction of sp³-hybridized carbons (Fsp3) is 0.500. The van der Waals surface area contributed by atoms with Crippen LogP contribution in [0.2, 0.25) is 0 Å². The normalized spacial score (nSPS) is 24.5. The summed E-state index contributed by atoms with van der Waals surface area (Å²) < 4.78 is 1.95. The van der Waals surface area contributed by atoms with E-state index in [1.54, 1.807) is 6.20 Å². The van der Waals surface area contributed by atoms with Crippen molar-refractivity contribution in [3.63, 3.8) is 0 Å². The minimum atomic E-state index is 0.198. The summed E-state index contributed by atoms with van der Waals surface area (Å²) in [5, 5.41) is 6.94. The van der Waals surface area contributed by atoms with E-state index in [0.29, 0.717) is 0 Å². The van der Waals surface area contributed by atoms with Crippen LogP contribution in [0.4, 0.5) is 0 Å². The third-order valence-electron chi connectivity index (χ3n) is 3.35. The molecule has 0 saturated carbocycles. The number of fused-ring (bicyclic) bond motifs is 1. The molecule has 2 N–H and O–H groups in total. The van der Waals surface area contributed by atoms with Crippen LogP contribution < -0.4 is 10.6 Å². The van der Waals surface area contributed by atoms with Crippen molar-refractivity contribution in [1.82, 2.24) is 25.0 Å². The Kier molecular flexibility index (Phi) is 2.57. The number of hydrogen-bond acceptors (Lipinski definition) is 4. The van der Waals surface area contributed by atoms with Gasteiger partial charge in [-0.15, -0.1) is 0 Å². The predicted octanol–water partition coefficient (Wildman–Crippen LogP) is 0.571. The Morgan fingerprint density at radius 3 is 3.29 bits per heavy atom. The van der Waals surface area contributed by atoms with Gasteiger partial charge in [-0.25, -0.2) is 9.97 Å². The van der Waals surface area contributed by atoms with Crippen molar-refractivity contribution < 1.29 is 0 Å². The van der Waals surface area contributed by atoms with E-state index < -0.39 is 0 Å². The van der Waals surface area contributed by atoms with E-state index in [-0.39, 0.29) is 5.54 Å². The average Bonchev–Trinajstić information content (AvgIpc) is 2.93. The van der Waals surface area contributed by atoms with Gasteiger partial charge in [0.25, 0.3) is 0 Å². The number of imidazole rings is 1. The monoisotopic (exact) mass is 231 g/mol. The Balaban J connectivity index is 1.72. The van der Waals surface area contributed by atoms with Crippen LogP contribution in [0, 0.1) is 0 Å². The lowest BCUT2D eigenvalue weighted by Gasteiger charge is -2.23. The smallest absolute Gasteiger partial charge is 0.233 e. The van der Waals surface area contributed by atoms with Gasteiger partial charge in [0, 0.05) is 37.2 Å². The third-order valence-corrected chi connectivity index (χ3v) is 3.35. The number of nitrogens with zero attached hydrogens (tertiary/aromatic N) is 3. The summed E-state index contributed by atoms with van der Waals surface area (Å²) >= 11 is 0. The fourth-order valence-electron chi connectivity index (χ4n) is 2.24. The lowest BCUT2D eigenvalue weighted by Crippen LogP contribution is -2.43. The van der Waals surface area contributed by atoms with Gasteiger partial charge in [0.15, 0.2) is 0 Å². The van der Waals surface area contributed by atoms with E-state index in [9.17, 15) is 0 Å². The van der Waals surface area contributed by atoms with Crippen molar-refractivity contribution in [3.05, 3.63) is 30.4 Å². The summed E-state index contributed by atoms with van der Waals surface area (Å²) in [5.41, 5.74) is 1.24. The van der Waals surface area contributed by atoms with Gasteiger partial charge in [0.1, 0.15) is 0 Å². The highest BCUT2D eigenvalue weighted by Crippen LogP contribution is 2.14. The van der Waals surface area contributed by atoms with E-state index in [2.05, 4.69) is 27.5 Å². The van der Waals surface area contributed by atoms with E-state index in [1.165, 1.54) is 6.42 Å². The highest BCUT2D eigenvalue weighted by molar-refractivity contribution is 5.29. The summed E-state index contributed by atoms with van der Waals surface area (Å²) in [6.45, 7) is 5.16. The molecule has 3 rings (SSSR count). The minimum absolute atomic E-state index is 0.198. The van der Waals surface area contributed by atoms with Crippen molar-refractivity contribution in [2.45, 2.75) is 25.4 Å². The Labute approximate surface area is 100 Å². The van der Waals surface area contributed by atoms with Crippen LogP contribution in [0.5, 0.6) is 0 Å². The maximum atomic E-state index is 4.47. The minimum Gasteiger partial charge on any atom is -0.315 e. The van der Waals surface area contributed by atoms with Gasteiger partial charge in [-0.05, 0) is 26.0 Å². The topological polar surface area (TPSA) is 54.2 Å². The zero-order valence-corrected chi connectivity index (χ0v) is 9.98. The van der Waals surface area contributed by atoms with Crippen LogP contribution >= 0.6 is 0 Å². The van der Waals surface area contributed by atoms with Gasteiger partial charge in [-0.3, -0.25) is 4.40 Å². The van der Waals surface area contributed by atoms with Crippen LogP contribution in [0.3, 0.4) is 0 Å². The summed E-state index contributed by atoms with van der Waals surface area (Å²) in [4.78, 5) is 8.68. The first-order valence-corrected chi connectivity index (χ1v) is 6.00. The van der Waals surface area contributed by atoms with Crippen molar-refractivity contribution >= 4 is 5.78 Å². The van der Waals surface area contributed by atoms with Gasteiger partial charge in [0.2, 0.25) is 5.78 Å². The number of rotatable bonds is 3. The largest absolute Gasteiger partial charge is 0.315 e. The highest BCUT2D eigenvalue weighted by Gasteiger charge is 2.27.